The second kappa shape index (κ2) is 6.75. The molecule has 2 unspecified atom stereocenters. The highest BCUT2D eigenvalue weighted by atomic mass is 15.3. The van der Waals surface area contributed by atoms with Crippen LogP contribution in [0.5, 0.6) is 0 Å². The molecule has 17 heavy (non-hydrogen) atoms. The number of piperazine rings is 1. The number of nitrogens with zero attached hydrogens (tertiary/aromatic N) is 1. The maximum absolute atomic E-state index is 3.70. The Morgan fingerprint density at radius 1 is 1.18 bits per heavy atom. The zero-order valence-corrected chi connectivity index (χ0v) is 12.6. The lowest BCUT2D eigenvalue weighted by Gasteiger charge is -2.48. The molecule has 0 radical (unpaired) electrons. The van der Waals surface area contributed by atoms with E-state index in [1.54, 1.807) is 0 Å². The van der Waals surface area contributed by atoms with E-state index in [1.807, 2.05) is 0 Å². The third kappa shape index (κ3) is 3.23. The van der Waals surface area contributed by atoms with Crippen LogP contribution in [-0.4, -0.2) is 36.1 Å². The second-order valence-electron chi connectivity index (χ2n) is 5.68. The topological polar surface area (TPSA) is 15.3 Å². The smallest absolute Gasteiger partial charge is 0.0221 e. The zero-order chi connectivity index (χ0) is 12.9. The van der Waals surface area contributed by atoms with Gasteiger partial charge in [-0.2, -0.15) is 0 Å². The summed E-state index contributed by atoms with van der Waals surface area (Å²) >= 11 is 0. The van der Waals surface area contributed by atoms with Crippen LogP contribution in [0.3, 0.4) is 0 Å². The van der Waals surface area contributed by atoms with E-state index in [-0.39, 0.29) is 0 Å². The predicted molar refractivity (Wildman–Crippen MR) is 76.4 cm³/mol. The fourth-order valence-corrected chi connectivity index (χ4v) is 3.30. The third-order valence-corrected chi connectivity index (χ3v) is 5.18. The molecule has 2 nitrogen and oxygen atoms in total. The number of nitrogens with one attached hydrogen (secondary N) is 1. The van der Waals surface area contributed by atoms with E-state index < -0.39 is 0 Å². The van der Waals surface area contributed by atoms with Crippen LogP contribution >= 0.6 is 0 Å². The van der Waals surface area contributed by atoms with E-state index in [0.29, 0.717) is 11.6 Å². The van der Waals surface area contributed by atoms with Crippen LogP contribution < -0.4 is 5.32 Å². The third-order valence-electron chi connectivity index (χ3n) is 5.18. The Hall–Kier alpha value is -0.0800. The van der Waals surface area contributed by atoms with E-state index in [4.69, 9.17) is 0 Å². The lowest BCUT2D eigenvalue weighted by atomic mass is 9.85. The van der Waals surface area contributed by atoms with Gasteiger partial charge in [-0.25, -0.2) is 0 Å². The summed E-state index contributed by atoms with van der Waals surface area (Å²) < 4.78 is 0. The van der Waals surface area contributed by atoms with Crippen molar-refractivity contribution in [1.29, 1.82) is 0 Å². The van der Waals surface area contributed by atoms with Crippen LogP contribution in [0, 0.1) is 5.92 Å². The number of hydrogen-bond donors (Lipinski definition) is 1. The minimum absolute atomic E-state index is 0.452. The molecule has 0 spiro atoms. The molecule has 0 aromatic rings. The molecule has 0 aliphatic carbocycles. The van der Waals surface area contributed by atoms with Gasteiger partial charge in [0.15, 0.2) is 0 Å². The first-order chi connectivity index (χ1) is 8.13. The first-order valence-electron chi connectivity index (χ1n) is 7.61. The molecule has 0 aromatic heterocycles. The Morgan fingerprint density at radius 3 is 2.24 bits per heavy atom. The molecule has 0 amide bonds. The van der Waals surface area contributed by atoms with Crippen LogP contribution in [0.2, 0.25) is 0 Å². The van der Waals surface area contributed by atoms with Gasteiger partial charge in [-0.05, 0) is 25.2 Å². The van der Waals surface area contributed by atoms with Gasteiger partial charge in [-0.1, -0.05) is 41.0 Å². The van der Waals surface area contributed by atoms with Gasteiger partial charge in [0.25, 0.3) is 0 Å². The number of hydrogen-bond acceptors (Lipinski definition) is 2. The molecule has 0 aromatic carbocycles. The maximum Gasteiger partial charge on any atom is 0.0221 e. The van der Waals surface area contributed by atoms with Crippen LogP contribution in [0.1, 0.15) is 60.3 Å². The Bertz CT molecular complexity index is 203. The van der Waals surface area contributed by atoms with Gasteiger partial charge in [0, 0.05) is 31.2 Å². The summed E-state index contributed by atoms with van der Waals surface area (Å²) in [5.41, 5.74) is 0.452. The van der Waals surface area contributed by atoms with E-state index >= 15 is 0 Å². The monoisotopic (exact) mass is 240 g/mol. The van der Waals surface area contributed by atoms with Crippen molar-refractivity contribution < 1.29 is 0 Å². The van der Waals surface area contributed by atoms with Crippen molar-refractivity contribution in [3.63, 3.8) is 0 Å². The molecule has 0 saturated carbocycles. The Labute approximate surface area is 108 Å². The summed E-state index contributed by atoms with van der Waals surface area (Å²) in [5.74, 6) is 0.793. The summed E-state index contributed by atoms with van der Waals surface area (Å²) in [6.45, 7) is 15.4. The molecule has 2 heteroatoms. The quantitative estimate of drug-likeness (QED) is 0.766. The summed E-state index contributed by atoms with van der Waals surface area (Å²) in [6, 6.07) is 0.692. The standard InChI is InChI=1S/C15H32N2/c1-6-13(5)14-12-17(11-10-16-14)15(7-2,8-3)9-4/h13-14,16H,6-12H2,1-5H3. The van der Waals surface area contributed by atoms with E-state index in [2.05, 4.69) is 44.8 Å². The molecule has 1 aliphatic heterocycles. The molecule has 1 heterocycles. The van der Waals surface area contributed by atoms with Crippen molar-refractivity contribution in [2.24, 2.45) is 5.92 Å². The largest absolute Gasteiger partial charge is 0.311 e. The molecule has 102 valence electrons. The first kappa shape index (κ1) is 15.0. The number of rotatable bonds is 6. The van der Waals surface area contributed by atoms with Crippen LogP contribution in [0.4, 0.5) is 0 Å². The highest BCUT2D eigenvalue weighted by Crippen LogP contribution is 2.29. The average Bonchev–Trinajstić information content (AvgIpc) is 2.41. The lowest BCUT2D eigenvalue weighted by Crippen LogP contribution is -2.60. The summed E-state index contributed by atoms with van der Waals surface area (Å²) in [6.07, 6.45) is 5.14. The van der Waals surface area contributed by atoms with Gasteiger partial charge in [0.2, 0.25) is 0 Å². The van der Waals surface area contributed by atoms with Crippen LogP contribution in [0.15, 0.2) is 0 Å². The van der Waals surface area contributed by atoms with E-state index in [9.17, 15) is 0 Å². The van der Waals surface area contributed by atoms with Gasteiger partial charge in [0.1, 0.15) is 0 Å². The lowest BCUT2D eigenvalue weighted by molar-refractivity contribution is 0.0350. The van der Waals surface area contributed by atoms with Crippen LogP contribution in [0.25, 0.3) is 0 Å². The maximum atomic E-state index is 3.70. The molecule has 1 saturated heterocycles. The fourth-order valence-electron chi connectivity index (χ4n) is 3.30. The highest BCUT2D eigenvalue weighted by molar-refractivity contribution is 4.93. The minimum atomic E-state index is 0.452. The van der Waals surface area contributed by atoms with Gasteiger partial charge in [0.05, 0.1) is 0 Å². The van der Waals surface area contributed by atoms with E-state index in [1.165, 1.54) is 38.8 Å². The predicted octanol–water partition coefficient (Wildman–Crippen LogP) is 3.28. The van der Waals surface area contributed by atoms with Crippen molar-refractivity contribution >= 4 is 0 Å². The van der Waals surface area contributed by atoms with Gasteiger partial charge in [-0.3, -0.25) is 4.90 Å². The van der Waals surface area contributed by atoms with Crippen molar-refractivity contribution in [2.75, 3.05) is 19.6 Å². The van der Waals surface area contributed by atoms with Crippen molar-refractivity contribution in [3.8, 4) is 0 Å². The Morgan fingerprint density at radius 2 is 1.76 bits per heavy atom. The molecular formula is C15H32N2. The fraction of sp³-hybridized carbons (Fsp3) is 1.00. The first-order valence-corrected chi connectivity index (χ1v) is 7.61. The molecule has 1 fully saturated rings. The molecular weight excluding hydrogens is 208 g/mol. The van der Waals surface area contributed by atoms with E-state index in [0.717, 1.165) is 12.5 Å². The molecule has 1 N–H and O–H groups in total. The summed E-state index contributed by atoms with van der Waals surface area (Å²) in [4.78, 5) is 2.76. The molecule has 2 atom stereocenters. The van der Waals surface area contributed by atoms with Crippen molar-refractivity contribution in [1.82, 2.24) is 10.2 Å². The zero-order valence-electron chi connectivity index (χ0n) is 12.6. The Balaban J connectivity index is 2.70. The Kier molecular flexibility index (Phi) is 5.94. The SMILES string of the molecule is CCC(C)C1CN(C(CC)(CC)CC)CCN1. The molecule has 1 aliphatic rings. The van der Waals surface area contributed by atoms with Gasteiger partial charge >= 0.3 is 0 Å². The van der Waals surface area contributed by atoms with Crippen LogP contribution in [-0.2, 0) is 0 Å². The average molecular weight is 240 g/mol. The second-order valence-corrected chi connectivity index (χ2v) is 5.68. The highest BCUT2D eigenvalue weighted by Gasteiger charge is 2.35. The summed E-state index contributed by atoms with van der Waals surface area (Å²) in [5, 5.41) is 3.70. The molecule has 0 bridgehead atoms. The minimum Gasteiger partial charge on any atom is -0.311 e. The molecule has 1 rings (SSSR count). The van der Waals surface area contributed by atoms with Crippen molar-refractivity contribution in [3.05, 3.63) is 0 Å². The summed E-state index contributed by atoms with van der Waals surface area (Å²) in [7, 11) is 0. The normalized spacial score (nSPS) is 24.9. The van der Waals surface area contributed by atoms with Gasteiger partial charge < -0.3 is 5.32 Å². The van der Waals surface area contributed by atoms with Gasteiger partial charge in [-0.15, -0.1) is 0 Å². The van der Waals surface area contributed by atoms with Crippen molar-refractivity contribution in [2.45, 2.75) is 71.9 Å².